The smallest absolute Gasteiger partial charge is 0.138 e. The van der Waals surface area contributed by atoms with E-state index in [0.717, 1.165) is 13.0 Å². The van der Waals surface area contributed by atoms with E-state index in [1.54, 1.807) is 6.26 Å². The van der Waals surface area contributed by atoms with Crippen molar-refractivity contribution >= 4 is 0 Å². The van der Waals surface area contributed by atoms with Gasteiger partial charge in [-0.1, -0.05) is 0 Å². The fourth-order valence-electron chi connectivity index (χ4n) is 0.451. The van der Waals surface area contributed by atoms with Gasteiger partial charge in [-0.25, -0.2) is 0 Å². The SMILES string of the molecule is [C]1=COCNCC1. The second-order valence-electron chi connectivity index (χ2n) is 1.38. The maximum atomic E-state index is 4.85. The molecule has 0 aromatic heterocycles. The summed E-state index contributed by atoms with van der Waals surface area (Å²) >= 11 is 0. The molecule has 1 N–H and O–H groups in total. The van der Waals surface area contributed by atoms with Gasteiger partial charge in [0.15, 0.2) is 0 Å². The predicted molar refractivity (Wildman–Crippen MR) is 26.4 cm³/mol. The Morgan fingerprint density at radius 1 is 1.71 bits per heavy atom. The number of rotatable bonds is 0. The van der Waals surface area contributed by atoms with Crippen molar-refractivity contribution in [3.63, 3.8) is 0 Å². The summed E-state index contributed by atoms with van der Waals surface area (Å²) in [7, 11) is 0. The molecule has 0 aromatic rings. The minimum Gasteiger partial charge on any atom is -0.486 e. The average Bonchev–Trinajstić information content (AvgIpc) is 1.90. The molecule has 2 heteroatoms. The fourth-order valence-corrected chi connectivity index (χ4v) is 0.451. The molecule has 0 atom stereocenters. The third-order valence-corrected chi connectivity index (χ3v) is 0.798. The molecule has 1 heterocycles. The summed E-state index contributed by atoms with van der Waals surface area (Å²) in [5, 5.41) is 3.03. The maximum Gasteiger partial charge on any atom is 0.138 e. The van der Waals surface area contributed by atoms with Crippen LogP contribution in [0, 0.1) is 6.08 Å². The minimum absolute atomic E-state index is 0.632. The molecule has 1 aliphatic heterocycles. The highest BCUT2D eigenvalue weighted by Crippen LogP contribution is 1.84. The second-order valence-corrected chi connectivity index (χ2v) is 1.38. The molecule has 0 spiro atoms. The predicted octanol–water partition coefficient (Wildman–Crippen LogP) is 0.271. The molecule has 0 fully saturated rings. The monoisotopic (exact) mass is 98.1 g/mol. The van der Waals surface area contributed by atoms with Crippen LogP contribution in [0.5, 0.6) is 0 Å². The highest BCUT2D eigenvalue weighted by Gasteiger charge is 1.86. The number of hydrogen-bond donors (Lipinski definition) is 1. The quantitative estimate of drug-likeness (QED) is 0.469. The lowest BCUT2D eigenvalue weighted by Gasteiger charge is -1.94. The summed E-state index contributed by atoms with van der Waals surface area (Å²) in [5.41, 5.74) is 0. The first-order valence-electron chi connectivity index (χ1n) is 2.37. The molecule has 0 aliphatic carbocycles. The van der Waals surface area contributed by atoms with Crippen molar-refractivity contribution in [3.8, 4) is 0 Å². The topological polar surface area (TPSA) is 21.3 Å². The van der Waals surface area contributed by atoms with Gasteiger partial charge in [-0.15, -0.1) is 0 Å². The zero-order valence-electron chi connectivity index (χ0n) is 4.11. The molecule has 2 nitrogen and oxygen atoms in total. The Morgan fingerprint density at radius 3 is 3.71 bits per heavy atom. The van der Waals surface area contributed by atoms with Crippen molar-refractivity contribution in [3.05, 3.63) is 12.3 Å². The molecule has 0 aromatic carbocycles. The van der Waals surface area contributed by atoms with Gasteiger partial charge in [0.25, 0.3) is 0 Å². The molecule has 39 valence electrons. The summed E-state index contributed by atoms with van der Waals surface area (Å²) in [6.45, 7) is 1.61. The van der Waals surface area contributed by atoms with Crippen molar-refractivity contribution in [2.45, 2.75) is 6.42 Å². The average molecular weight is 98.1 g/mol. The zero-order valence-corrected chi connectivity index (χ0v) is 4.11. The molecule has 7 heavy (non-hydrogen) atoms. The summed E-state index contributed by atoms with van der Waals surface area (Å²) in [6.07, 6.45) is 5.51. The van der Waals surface area contributed by atoms with Crippen molar-refractivity contribution in [2.24, 2.45) is 0 Å². The molecule has 0 amide bonds. The first-order valence-corrected chi connectivity index (χ1v) is 2.37. The number of ether oxygens (including phenoxy) is 1. The van der Waals surface area contributed by atoms with Gasteiger partial charge in [-0.2, -0.15) is 0 Å². The van der Waals surface area contributed by atoms with Crippen LogP contribution in [-0.4, -0.2) is 13.3 Å². The lowest BCUT2D eigenvalue weighted by atomic mass is 10.4. The molecule has 0 saturated heterocycles. The van der Waals surface area contributed by atoms with Gasteiger partial charge in [-0.05, 0) is 12.5 Å². The highest BCUT2D eigenvalue weighted by atomic mass is 16.5. The lowest BCUT2D eigenvalue weighted by molar-refractivity contribution is 0.230. The molecule has 0 bridgehead atoms. The van der Waals surface area contributed by atoms with Gasteiger partial charge < -0.3 is 4.74 Å². The Labute approximate surface area is 43.2 Å². The Balaban J connectivity index is 2.20. The van der Waals surface area contributed by atoms with Crippen LogP contribution in [0.15, 0.2) is 6.26 Å². The van der Waals surface area contributed by atoms with Crippen molar-refractivity contribution in [2.75, 3.05) is 13.3 Å². The summed E-state index contributed by atoms with van der Waals surface area (Å²) < 4.78 is 4.85. The van der Waals surface area contributed by atoms with Gasteiger partial charge >= 0.3 is 0 Å². The van der Waals surface area contributed by atoms with Crippen LogP contribution >= 0.6 is 0 Å². The van der Waals surface area contributed by atoms with Crippen molar-refractivity contribution in [1.82, 2.24) is 5.32 Å². The van der Waals surface area contributed by atoms with E-state index < -0.39 is 0 Å². The van der Waals surface area contributed by atoms with E-state index in [9.17, 15) is 0 Å². The standard InChI is InChI=1S/C5H8NO/c1-2-4-7-5-6-3-1/h4,6H,1,3,5H2. The first-order chi connectivity index (χ1) is 3.50. The largest absolute Gasteiger partial charge is 0.486 e. The Hall–Kier alpha value is -0.500. The third kappa shape index (κ3) is 1.59. The molecule has 1 aliphatic rings. The summed E-state index contributed by atoms with van der Waals surface area (Å²) in [4.78, 5) is 0. The normalized spacial score (nSPS) is 20.6. The fraction of sp³-hybridized carbons (Fsp3) is 0.600. The van der Waals surface area contributed by atoms with Gasteiger partial charge in [0.05, 0.1) is 6.26 Å². The zero-order chi connectivity index (χ0) is 4.95. The Kier molecular flexibility index (Phi) is 1.75. The molecule has 1 rings (SSSR count). The van der Waals surface area contributed by atoms with E-state index in [1.807, 2.05) is 0 Å². The van der Waals surface area contributed by atoms with Crippen LogP contribution in [0.4, 0.5) is 0 Å². The van der Waals surface area contributed by atoms with Crippen molar-refractivity contribution in [1.29, 1.82) is 0 Å². The third-order valence-electron chi connectivity index (χ3n) is 0.798. The van der Waals surface area contributed by atoms with Crippen LogP contribution in [0.3, 0.4) is 0 Å². The Bertz CT molecular complexity index is 62.5. The van der Waals surface area contributed by atoms with Gasteiger partial charge in [-0.3, -0.25) is 5.32 Å². The number of nitrogens with one attached hydrogen (secondary N) is 1. The lowest BCUT2D eigenvalue weighted by Crippen LogP contribution is -2.14. The van der Waals surface area contributed by atoms with Crippen LogP contribution in [0.2, 0.25) is 0 Å². The first kappa shape index (κ1) is 4.65. The van der Waals surface area contributed by atoms with Crippen LogP contribution in [-0.2, 0) is 4.74 Å². The van der Waals surface area contributed by atoms with Crippen LogP contribution in [0.1, 0.15) is 6.42 Å². The van der Waals surface area contributed by atoms with Crippen LogP contribution in [0.25, 0.3) is 0 Å². The highest BCUT2D eigenvalue weighted by molar-refractivity contribution is 4.66. The number of hydrogen-bond acceptors (Lipinski definition) is 2. The van der Waals surface area contributed by atoms with Crippen LogP contribution < -0.4 is 5.32 Å². The summed E-state index contributed by atoms with van der Waals surface area (Å²) in [6, 6.07) is 0. The van der Waals surface area contributed by atoms with E-state index in [2.05, 4.69) is 11.4 Å². The van der Waals surface area contributed by atoms with Crippen molar-refractivity contribution < 1.29 is 4.74 Å². The van der Waals surface area contributed by atoms with E-state index in [1.165, 1.54) is 0 Å². The van der Waals surface area contributed by atoms with Gasteiger partial charge in [0.1, 0.15) is 6.73 Å². The maximum absolute atomic E-state index is 4.85. The molecule has 0 saturated carbocycles. The molecule has 0 unspecified atom stereocenters. The van der Waals surface area contributed by atoms with Gasteiger partial charge in [0.2, 0.25) is 0 Å². The molecular weight excluding hydrogens is 90.1 g/mol. The van der Waals surface area contributed by atoms with Gasteiger partial charge in [0, 0.05) is 6.54 Å². The van der Waals surface area contributed by atoms with E-state index in [-0.39, 0.29) is 0 Å². The minimum atomic E-state index is 0.632. The van der Waals surface area contributed by atoms with E-state index >= 15 is 0 Å². The van der Waals surface area contributed by atoms with E-state index in [0.29, 0.717) is 6.73 Å². The molecular formula is C5H8NO. The second kappa shape index (κ2) is 2.64. The summed E-state index contributed by atoms with van der Waals surface area (Å²) in [5.74, 6) is 0. The van der Waals surface area contributed by atoms with E-state index in [4.69, 9.17) is 4.74 Å². The molecule has 1 radical (unpaired) electrons. The Morgan fingerprint density at radius 2 is 2.71 bits per heavy atom.